The Hall–Kier alpha value is -1.09. The van der Waals surface area contributed by atoms with Crippen molar-refractivity contribution in [3.05, 3.63) is 29.5 Å². The lowest BCUT2D eigenvalue weighted by Crippen LogP contribution is -2.35. The predicted octanol–water partition coefficient (Wildman–Crippen LogP) is 2.93. The summed E-state index contributed by atoms with van der Waals surface area (Å²) in [6.45, 7) is 0.456. The Kier molecular flexibility index (Phi) is 5.03. The van der Waals surface area contributed by atoms with Crippen molar-refractivity contribution in [2.24, 2.45) is 10.7 Å². The fourth-order valence-corrected chi connectivity index (χ4v) is 2.47. The molecule has 0 atom stereocenters. The Morgan fingerprint density at radius 2 is 2.40 bits per heavy atom. The zero-order valence-corrected chi connectivity index (χ0v) is 14.3. The molecule has 1 saturated carbocycles. The standard InChI is InChI=1S/C13H16N4OS.HI/c1-17(10-4-5-10)13(14)15-7-9-8-18-12(16-9)11-3-2-6-19-11;/h2-3,6,8,10H,4-5,7H2,1H3,(H2,14,15);1H. The van der Waals surface area contributed by atoms with Gasteiger partial charge in [0, 0.05) is 13.1 Å². The first-order valence-electron chi connectivity index (χ1n) is 6.25. The van der Waals surface area contributed by atoms with Crippen molar-refractivity contribution in [2.45, 2.75) is 25.4 Å². The van der Waals surface area contributed by atoms with Crippen LogP contribution in [0.25, 0.3) is 10.8 Å². The summed E-state index contributed by atoms with van der Waals surface area (Å²) in [5.41, 5.74) is 6.73. The SMILES string of the molecule is CN(C(N)=NCc1coc(-c2cccs2)n1)C1CC1.I. The molecule has 1 aliphatic carbocycles. The van der Waals surface area contributed by atoms with E-state index in [2.05, 4.69) is 9.98 Å². The van der Waals surface area contributed by atoms with E-state index < -0.39 is 0 Å². The number of hydrogen-bond donors (Lipinski definition) is 1. The van der Waals surface area contributed by atoms with Crippen LogP contribution in [0.15, 0.2) is 33.2 Å². The van der Waals surface area contributed by atoms with E-state index in [1.807, 2.05) is 29.5 Å². The Balaban J connectivity index is 0.00000147. The molecule has 1 aliphatic rings. The monoisotopic (exact) mass is 404 g/mol. The lowest BCUT2D eigenvalue weighted by atomic mass is 10.4. The maximum Gasteiger partial charge on any atom is 0.236 e. The fraction of sp³-hybridized carbons (Fsp3) is 0.385. The van der Waals surface area contributed by atoms with Gasteiger partial charge in [-0.05, 0) is 24.3 Å². The number of nitrogens with zero attached hydrogens (tertiary/aromatic N) is 3. The number of thiophene rings is 1. The maximum absolute atomic E-state index is 5.93. The van der Waals surface area contributed by atoms with Gasteiger partial charge in [-0.25, -0.2) is 9.98 Å². The molecule has 0 aliphatic heterocycles. The summed E-state index contributed by atoms with van der Waals surface area (Å²) >= 11 is 1.61. The van der Waals surface area contributed by atoms with E-state index in [9.17, 15) is 0 Å². The number of hydrogen-bond acceptors (Lipinski definition) is 4. The van der Waals surface area contributed by atoms with Crippen molar-refractivity contribution in [3.63, 3.8) is 0 Å². The van der Waals surface area contributed by atoms with E-state index >= 15 is 0 Å². The largest absolute Gasteiger partial charge is 0.443 e. The van der Waals surface area contributed by atoms with Gasteiger partial charge in [-0.15, -0.1) is 35.3 Å². The van der Waals surface area contributed by atoms with Gasteiger partial charge in [0.25, 0.3) is 0 Å². The molecule has 0 saturated heterocycles. The van der Waals surface area contributed by atoms with E-state index in [4.69, 9.17) is 10.2 Å². The molecule has 2 heterocycles. The topological polar surface area (TPSA) is 67.7 Å². The zero-order chi connectivity index (χ0) is 13.2. The first-order valence-corrected chi connectivity index (χ1v) is 7.13. The van der Waals surface area contributed by atoms with Crippen LogP contribution >= 0.6 is 35.3 Å². The number of aliphatic imine (C=N–C) groups is 1. The molecule has 2 aromatic heterocycles. The summed E-state index contributed by atoms with van der Waals surface area (Å²) in [6, 6.07) is 4.53. The first-order chi connectivity index (χ1) is 9.24. The lowest BCUT2D eigenvalue weighted by molar-refractivity contribution is 0.487. The second kappa shape index (κ2) is 6.57. The molecular weight excluding hydrogens is 387 g/mol. The highest BCUT2D eigenvalue weighted by atomic mass is 127. The smallest absolute Gasteiger partial charge is 0.236 e. The van der Waals surface area contributed by atoms with Gasteiger partial charge in [0.05, 0.1) is 11.4 Å². The van der Waals surface area contributed by atoms with Gasteiger partial charge < -0.3 is 15.1 Å². The van der Waals surface area contributed by atoms with Crippen LogP contribution in [0.1, 0.15) is 18.5 Å². The molecule has 1 fully saturated rings. The molecule has 3 rings (SSSR count). The third-order valence-corrected chi connectivity index (χ3v) is 4.00. The highest BCUT2D eigenvalue weighted by Gasteiger charge is 2.27. The number of halogens is 1. The van der Waals surface area contributed by atoms with Crippen molar-refractivity contribution >= 4 is 41.3 Å². The highest BCUT2D eigenvalue weighted by molar-refractivity contribution is 14.0. The van der Waals surface area contributed by atoms with Crippen LogP contribution in [0.4, 0.5) is 0 Å². The Labute approximate surface area is 138 Å². The highest BCUT2D eigenvalue weighted by Crippen LogP contribution is 2.25. The van der Waals surface area contributed by atoms with E-state index in [0.717, 1.165) is 10.6 Å². The second-order valence-electron chi connectivity index (χ2n) is 4.64. The molecule has 0 bridgehead atoms. The summed E-state index contributed by atoms with van der Waals surface area (Å²) in [5.74, 6) is 1.22. The first kappa shape index (κ1) is 15.3. The molecular formula is C13H17IN4OS. The van der Waals surface area contributed by atoms with Gasteiger partial charge >= 0.3 is 0 Å². The van der Waals surface area contributed by atoms with Crippen LogP contribution in [0.5, 0.6) is 0 Å². The minimum atomic E-state index is 0. The Morgan fingerprint density at radius 1 is 1.60 bits per heavy atom. The number of rotatable bonds is 4. The summed E-state index contributed by atoms with van der Waals surface area (Å²) in [5, 5.41) is 2.00. The minimum absolute atomic E-state index is 0. The van der Waals surface area contributed by atoms with Crippen molar-refractivity contribution in [1.29, 1.82) is 0 Å². The van der Waals surface area contributed by atoms with Gasteiger partial charge in [0.15, 0.2) is 5.96 Å². The molecule has 2 aromatic rings. The molecule has 2 N–H and O–H groups in total. The van der Waals surface area contributed by atoms with Gasteiger partial charge in [0.2, 0.25) is 5.89 Å². The van der Waals surface area contributed by atoms with Gasteiger partial charge in [-0.2, -0.15) is 0 Å². The van der Waals surface area contributed by atoms with Crippen LogP contribution < -0.4 is 5.73 Å². The molecule has 0 unspecified atom stereocenters. The summed E-state index contributed by atoms with van der Waals surface area (Å²) in [4.78, 5) is 11.8. The molecule has 108 valence electrons. The van der Waals surface area contributed by atoms with Crippen molar-refractivity contribution < 1.29 is 4.42 Å². The quantitative estimate of drug-likeness (QED) is 0.484. The molecule has 7 heteroatoms. The van der Waals surface area contributed by atoms with Crippen LogP contribution in [-0.4, -0.2) is 28.9 Å². The second-order valence-corrected chi connectivity index (χ2v) is 5.59. The summed E-state index contributed by atoms with van der Waals surface area (Å²) in [6.07, 6.45) is 4.06. The lowest BCUT2D eigenvalue weighted by Gasteiger charge is -2.16. The molecule has 0 spiro atoms. The Bertz CT molecular complexity index is 577. The predicted molar refractivity (Wildman–Crippen MR) is 91.3 cm³/mol. The fourth-order valence-electron chi connectivity index (χ4n) is 1.82. The minimum Gasteiger partial charge on any atom is -0.443 e. The van der Waals surface area contributed by atoms with Crippen LogP contribution in [-0.2, 0) is 6.54 Å². The van der Waals surface area contributed by atoms with Crippen LogP contribution in [0, 0.1) is 0 Å². The molecule has 0 amide bonds. The molecule has 0 aromatic carbocycles. The van der Waals surface area contributed by atoms with Crippen molar-refractivity contribution in [2.75, 3.05) is 7.05 Å². The Morgan fingerprint density at radius 3 is 3.05 bits per heavy atom. The van der Waals surface area contributed by atoms with Gasteiger partial charge in [0.1, 0.15) is 12.0 Å². The van der Waals surface area contributed by atoms with E-state index in [1.165, 1.54) is 12.8 Å². The van der Waals surface area contributed by atoms with E-state index in [0.29, 0.717) is 24.4 Å². The maximum atomic E-state index is 5.93. The number of aromatic nitrogens is 1. The third kappa shape index (κ3) is 3.51. The van der Waals surface area contributed by atoms with Gasteiger partial charge in [-0.3, -0.25) is 0 Å². The summed E-state index contributed by atoms with van der Waals surface area (Å²) in [7, 11) is 1.98. The van der Waals surface area contributed by atoms with Crippen molar-refractivity contribution in [1.82, 2.24) is 9.88 Å². The third-order valence-electron chi connectivity index (χ3n) is 3.14. The van der Waals surface area contributed by atoms with Crippen LogP contribution in [0.3, 0.4) is 0 Å². The van der Waals surface area contributed by atoms with Gasteiger partial charge in [-0.1, -0.05) is 6.07 Å². The normalized spacial score (nSPS) is 14.9. The average Bonchev–Trinajstić information content (AvgIpc) is 2.93. The average molecular weight is 404 g/mol. The number of nitrogens with two attached hydrogens (primary N) is 1. The van der Waals surface area contributed by atoms with Crippen molar-refractivity contribution in [3.8, 4) is 10.8 Å². The molecule has 0 radical (unpaired) electrons. The zero-order valence-electron chi connectivity index (χ0n) is 11.2. The molecule has 20 heavy (non-hydrogen) atoms. The van der Waals surface area contributed by atoms with E-state index in [-0.39, 0.29) is 24.0 Å². The number of oxazole rings is 1. The van der Waals surface area contributed by atoms with Crippen LogP contribution in [0.2, 0.25) is 0 Å². The number of guanidine groups is 1. The molecule has 5 nitrogen and oxygen atoms in total. The van der Waals surface area contributed by atoms with E-state index in [1.54, 1.807) is 17.6 Å². The summed E-state index contributed by atoms with van der Waals surface area (Å²) < 4.78 is 5.44.